The smallest absolute Gasteiger partial charge is 0.269 e. The molecule has 1 heterocycles. The van der Waals surface area contributed by atoms with Gasteiger partial charge in [-0.15, -0.1) is 0 Å². The van der Waals surface area contributed by atoms with Gasteiger partial charge < -0.3 is 9.67 Å². The van der Waals surface area contributed by atoms with Crippen LogP contribution in [0, 0.1) is 18.3 Å². The molecule has 0 amide bonds. The van der Waals surface area contributed by atoms with Gasteiger partial charge in [0.2, 0.25) is 0 Å². The molecule has 0 saturated heterocycles. The fourth-order valence-electron chi connectivity index (χ4n) is 1.87. The number of hydrogen-bond donors (Lipinski definition) is 1. The Bertz CT molecular complexity index is 679. The molecule has 19 heavy (non-hydrogen) atoms. The van der Waals surface area contributed by atoms with E-state index >= 15 is 0 Å². The van der Waals surface area contributed by atoms with Crippen LogP contribution in [0.2, 0.25) is 0 Å². The summed E-state index contributed by atoms with van der Waals surface area (Å²) >= 11 is 0. The Labute approximate surface area is 111 Å². The first-order chi connectivity index (χ1) is 9.15. The summed E-state index contributed by atoms with van der Waals surface area (Å²) in [5.74, 6) is 0. The van der Waals surface area contributed by atoms with E-state index in [1.54, 1.807) is 19.2 Å². The molecule has 1 aromatic heterocycles. The quantitative estimate of drug-likeness (QED) is 0.904. The minimum atomic E-state index is -0.270. The molecule has 1 aromatic carbocycles. The number of nitriles is 1. The third-order valence-corrected chi connectivity index (χ3v) is 3.04. The van der Waals surface area contributed by atoms with Crippen molar-refractivity contribution < 1.29 is 5.11 Å². The minimum Gasteiger partial charge on any atom is -0.392 e. The summed E-state index contributed by atoms with van der Waals surface area (Å²) in [7, 11) is 0. The van der Waals surface area contributed by atoms with Crippen LogP contribution in [0.25, 0.3) is 0 Å². The molecule has 0 saturated carbocycles. The fraction of sp³-hybridized carbons (Fsp3) is 0.200. The Balaban J connectivity index is 2.34. The molecule has 0 bridgehead atoms. The zero-order valence-electron chi connectivity index (χ0n) is 10.6. The van der Waals surface area contributed by atoms with Gasteiger partial charge >= 0.3 is 0 Å². The Morgan fingerprint density at radius 1 is 1.21 bits per heavy atom. The SMILES string of the molecule is Cc1ccn(Cc2ccc(CO)cc2)c(=O)c1C#N. The van der Waals surface area contributed by atoms with Gasteiger partial charge in [-0.05, 0) is 29.7 Å². The molecule has 0 radical (unpaired) electrons. The van der Waals surface area contributed by atoms with Crippen LogP contribution in [0.15, 0.2) is 41.3 Å². The second-order valence-electron chi connectivity index (χ2n) is 4.39. The summed E-state index contributed by atoms with van der Waals surface area (Å²) < 4.78 is 1.51. The molecule has 0 aliphatic rings. The van der Waals surface area contributed by atoms with Crippen molar-refractivity contribution in [1.29, 1.82) is 5.26 Å². The van der Waals surface area contributed by atoms with Gasteiger partial charge in [0.05, 0.1) is 13.2 Å². The molecule has 2 rings (SSSR count). The lowest BCUT2D eigenvalue weighted by Gasteiger charge is -2.08. The van der Waals surface area contributed by atoms with Crippen molar-refractivity contribution in [2.45, 2.75) is 20.1 Å². The van der Waals surface area contributed by atoms with Crippen molar-refractivity contribution >= 4 is 0 Å². The lowest BCUT2D eigenvalue weighted by molar-refractivity contribution is 0.282. The number of hydrogen-bond acceptors (Lipinski definition) is 3. The van der Waals surface area contributed by atoms with Gasteiger partial charge in [0, 0.05) is 6.20 Å². The van der Waals surface area contributed by atoms with Crippen molar-refractivity contribution in [3.05, 3.63) is 69.1 Å². The Morgan fingerprint density at radius 3 is 2.42 bits per heavy atom. The predicted octanol–water partition coefficient (Wildman–Crippen LogP) is 1.57. The number of pyridine rings is 1. The Kier molecular flexibility index (Phi) is 3.79. The second-order valence-corrected chi connectivity index (χ2v) is 4.39. The highest BCUT2D eigenvalue weighted by Crippen LogP contribution is 2.07. The molecule has 0 spiro atoms. The normalized spacial score (nSPS) is 10.2. The van der Waals surface area contributed by atoms with E-state index in [9.17, 15) is 4.79 Å². The Morgan fingerprint density at radius 2 is 1.84 bits per heavy atom. The highest BCUT2D eigenvalue weighted by Gasteiger charge is 2.06. The molecule has 2 aromatic rings. The molecule has 96 valence electrons. The number of aliphatic hydroxyl groups excluding tert-OH is 1. The largest absolute Gasteiger partial charge is 0.392 e. The summed E-state index contributed by atoms with van der Waals surface area (Å²) in [4.78, 5) is 12.0. The van der Waals surface area contributed by atoms with Crippen LogP contribution in [0.1, 0.15) is 22.3 Å². The summed E-state index contributed by atoms with van der Waals surface area (Å²) in [6, 6.07) is 11.1. The van der Waals surface area contributed by atoms with E-state index in [2.05, 4.69) is 0 Å². The maximum absolute atomic E-state index is 12.0. The fourth-order valence-corrected chi connectivity index (χ4v) is 1.87. The summed E-state index contributed by atoms with van der Waals surface area (Å²) in [5, 5.41) is 17.9. The number of aryl methyl sites for hydroxylation is 1. The lowest BCUT2D eigenvalue weighted by Crippen LogP contribution is -2.23. The van der Waals surface area contributed by atoms with Gasteiger partial charge in [0.1, 0.15) is 11.6 Å². The second kappa shape index (κ2) is 5.51. The predicted molar refractivity (Wildman–Crippen MR) is 71.6 cm³/mol. The van der Waals surface area contributed by atoms with Crippen LogP contribution in [0.3, 0.4) is 0 Å². The Hall–Kier alpha value is -2.38. The van der Waals surface area contributed by atoms with Crippen molar-refractivity contribution in [3.63, 3.8) is 0 Å². The van der Waals surface area contributed by atoms with Crippen LogP contribution in [-0.2, 0) is 13.2 Å². The van der Waals surface area contributed by atoms with Gasteiger partial charge in [0.15, 0.2) is 0 Å². The zero-order valence-corrected chi connectivity index (χ0v) is 10.6. The standard InChI is InChI=1S/C15H14N2O2/c1-11-6-7-17(15(19)14(11)8-16)9-12-2-4-13(10-18)5-3-12/h2-7,18H,9-10H2,1H3. The summed E-state index contributed by atoms with van der Waals surface area (Å²) in [6.07, 6.45) is 1.69. The maximum atomic E-state index is 12.0. The maximum Gasteiger partial charge on any atom is 0.269 e. The molecule has 0 aliphatic carbocycles. The zero-order chi connectivity index (χ0) is 13.8. The van der Waals surface area contributed by atoms with E-state index in [1.165, 1.54) is 4.57 Å². The number of aromatic nitrogens is 1. The van der Waals surface area contributed by atoms with Gasteiger partial charge in [0.25, 0.3) is 5.56 Å². The minimum absolute atomic E-state index is 0.00331. The van der Waals surface area contributed by atoms with Crippen molar-refractivity contribution in [1.82, 2.24) is 4.57 Å². The van der Waals surface area contributed by atoms with Crippen LogP contribution in [-0.4, -0.2) is 9.67 Å². The van der Waals surface area contributed by atoms with Gasteiger partial charge in [-0.25, -0.2) is 0 Å². The third-order valence-electron chi connectivity index (χ3n) is 3.04. The molecule has 0 fully saturated rings. The highest BCUT2D eigenvalue weighted by molar-refractivity contribution is 5.34. The number of aliphatic hydroxyl groups is 1. The monoisotopic (exact) mass is 254 g/mol. The van der Waals surface area contributed by atoms with E-state index in [-0.39, 0.29) is 17.7 Å². The molecule has 1 N–H and O–H groups in total. The van der Waals surface area contributed by atoms with E-state index in [1.807, 2.05) is 30.3 Å². The summed E-state index contributed by atoms with van der Waals surface area (Å²) in [6.45, 7) is 2.17. The number of nitrogens with zero attached hydrogens (tertiary/aromatic N) is 2. The molecular formula is C15H14N2O2. The highest BCUT2D eigenvalue weighted by atomic mass is 16.3. The first kappa shape index (κ1) is 13.1. The number of benzene rings is 1. The van der Waals surface area contributed by atoms with Crippen LogP contribution >= 0.6 is 0 Å². The first-order valence-electron chi connectivity index (χ1n) is 5.94. The average molecular weight is 254 g/mol. The summed E-state index contributed by atoms with van der Waals surface area (Å²) in [5.41, 5.74) is 2.40. The van der Waals surface area contributed by atoms with Crippen LogP contribution < -0.4 is 5.56 Å². The lowest BCUT2D eigenvalue weighted by atomic mass is 10.1. The average Bonchev–Trinajstić information content (AvgIpc) is 2.43. The molecule has 4 nitrogen and oxygen atoms in total. The molecule has 0 unspecified atom stereocenters. The molecular weight excluding hydrogens is 240 g/mol. The topological polar surface area (TPSA) is 66.0 Å². The van der Waals surface area contributed by atoms with Gasteiger partial charge in [-0.2, -0.15) is 5.26 Å². The van der Waals surface area contributed by atoms with Crippen molar-refractivity contribution in [2.75, 3.05) is 0 Å². The van der Waals surface area contributed by atoms with E-state index < -0.39 is 0 Å². The molecule has 4 heteroatoms. The van der Waals surface area contributed by atoms with Crippen LogP contribution in [0.5, 0.6) is 0 Å². The number of rotatable bonds is 3. The van der Waals surface area contributed by atoms with E-state index in [0.717, 1.165) is 11.1 Å². The third kappa shape index (κ3) is 2.72. The first-order valence-corrected chi connectivity index (χ1v) is 5.94. The van der Waals surface area contributed by atoms with E-state index in [4.69, 9.17) is 10.4 Å². The van der Waals surface area contributed by atoms with Gasteiger partial charge in [-0.1, -0.05) is 24.3 Å². The van der Waals surface area contributed by atoms with E-state index in [0.29, 0.717) is 12.1 Å². The van der Waals surface area contributed by atoms with Crippen molar-refractivity contribution in [3.8, 4) is 6.07 Å². The molecule has 0 aliphatic heterocycles. The van der Waals surface area contributed by atoms with Crippen LogP contribution in [0.4, 0.5) is 0 Å². The van der Waals surface area contributed by atoms with Gasteiger partial charge in [-0.3, -0.25) is 4.79 Å². The molecule has 0 atom stereocenters. The van der Waals surface area contributed by atoms with Crippen molar-refractivity contribution in [2.24, 2.45) is 0 Å².